The minimum absolute atomic E-state index is 0.0138. The molecule has 6 nitrogen and oxygen atoms in total. The Morgan fingerprint density at radius 3 is 2.39 bits per heavy atom. The lowest BCUT2D eigenvalue weighted by Crippen LogP contribution is -2.48. The van der Waals surface area contributed by atoms with Crippen LogP contribution >= 0.6 is 0 Å². The van der Waals surface area contributed by atoms with Crippen LogP contribution in [-0.4, -0.2) is 54.7 Å². The van der Waals surface area contributed by atoms with E-state index in [1.807, 2.05) is 42.2 Å². The molecule has 1 saturated heterocycles. The molecule has 1 aliphatic heterocycles. The summed E-state index contributed by atoms with van der Waals surface area (Å²) in [7, 11) is 0. The maximum Gasteiger partial charge on any atom is 0.226 e. The Hall–Kier alpha value is -2.21. The van der Waals surface area contributed by atoms with Gasteiger partial charge in [-0.05, 0) is 38.3 Å². The number of hydrogen-bond acceptors (Lipinski definition) is 4. The summed E-state index contributed by atoms with van der Waals surface area (Å²) in [5.74, 6) is 0.309. The number of para-hydroxylation sites is 1. The molecule has 0 aliphatic carbocycles. The van der Waals surface area contributed by atoms with Crippen molar-refractivity contribution in [3.05, 3.63) is 30.3 Å². The summed E-state index contributed by atoms with van der Waals surface area (Å²) < 4.78 is 0. The summed E-state index contributed by atoms with van der Waals surface area (Å²) in [6.45, 7) is 6.75. The molecule has 1 fully saturated rings. The molecule has 28 heavy (non-hydrogen) atoms. The highest BCUT2D eigenvalue weighted by Crippen LogP contribution is 2.24. The van der Waals surface area contributed by atoms with E-state index < -0.39 is 0 Å². The van der Waals surface area contributed by atoms with Gasteiger partial charge in [0.2, 0.25) is 11.8 Å². The third-order valence-electron chi connectivity index (χ3n) is 5.21. The first-order valence-corrected chi connectivity index (χ1v) is 10.4. The Balaban J connectivity index is 1.74. The van der Waals surface area contributed by atoms with Gasteiger partial charge in [0.25, 0.3) is 0 Å². The molecule has 1 aromatic rings. The monoisotopic (exact) mass is 387 g/mol. The van der Waals surface area contributed by atoms with Gasteiger partial charge in [0, 0.05) is 57.2 Å². The molecule has 6 heteroatoms. The Kier molecular flexibility index (Phi) is 9.14. The Bertz CT molecular complexity index is 640. The number of likely N-dealkylation sites (tertiary alicyclic amines) is 1. The van der Waals surface area contributed by atoms with Gasteiger partial charge in [-0.15, -0.1) is 0 Å². The SMILES string of the molecule is CCC(=O)N(c1ccccc1)C1CCN(CCNC(=O)CCCC(C)=O)CC1. The second kappa shape index (κ2) is 11.6. The predicted molar refractivity (Wildman–Crippen MR) is 111 cm³/mol. The van der Waals surface area contributed by atoms with Gasteiger partial charge in [0.05, 0.1) is 0 Å². The van der Waals surface area contributed by atoms with E-state index in [0.717, 1.165) is 38.2 Å². The highest BCUT2D eigenvalue weighted by Gasteiger charge is 2.28. The van der Waals surface area contributed by atoms with E-state index >= 15 is 0 Å². The van der Waals surface area contributed by atoms with Gasteiger partial charge < -0.3 is 19.9 Å². The molecule has 0 bridgehead atoms. The summed E-state index contributed by atoms with van der Waals surface area (Å²) in [6.07, 6.45) is 3.88. The van der Waals surface area contributed by atoms with Gasteiger partial charge in [0.15, 0.2) is 0 Å². The zero-order chi connectivity index (χ0) is 20.4. The number of rotatable bonds is 10. The normalized spacial score (nSPS) is 15.2. The number of carbonyl (C=O) groups is 3. The molecule has 2 amide bonds. The van der Waals surface area contributed by atoms with E-state index in [9.17, 15) is 14.4 Å². The fourth-order valence-corrected chi connectivity index (χ4v) is 3.66. The fourth-order valence-electron chi connectivity index (χ4n) is 3.66. The van der Waals surface area contributed by atoms with Crippen molar-refractivity contribution in [2.45, 2.75) is 58.4 Å². The van der Waals surface area contributed by atoms with Crippen molar-refractivity contribution < 1.29 is 14.4 Å². The average molecular weight is 388 g/mol. The molecule has 1 N–H and O–H groups in total. The summed E-state index contributed by atoms with van der Waals surface area (Å²) in [5.41, 5.74) is 0.977. The minimum Gasteiger partial charge on any atom is -0.355 e. The van der Waals surface area contributed by atoms with Crippen LogP contribution in [-0.2, 0) is 14.4 Å². The highest BCUT2D eigenvalue weighted by molar-refractivity contribution is 5.93. The summed E-state index contributed by atoms with van der Waals surface area (Å²) in [5, 5.41) is 2.93. The van der Waals surface area contributed by atoms with E-state index in [1.165, 1.54) is 0 Å². The zero-order valence-corrected chi connectivity index (χ0v) is 17.2. The number of Topliss-reactive ketones (excluding diaryl/α,β-unsaturated/α-hetero) is 1. The Morgan fingerprint density at radius 2 is 1.79 bits per heavy atom. The molecule has 1 aliphatic rings. The van der Waals surface area contributed by atoms with Crippen molar-refractivity contribution in [3.63, 3.8) is 0 Å². The van der Waals surface area contributed by atoms with Gasteiger partial charge in [-0.25, -0.2) is 0 Å². The molecular weight excluding hydrogens is 354 g/mol. The number of benzene rings is 1. The van der Waals surface area contributed by atoms with Crippen molar-refractivity contribution in [3.8, 4) is 0 Å². The van der Waals surface area contributed by atoms with Crippen LogP contribution in [0.1, 0.15) is 52.4 Å². The molecule has 154 valence electrons. The largest absolute Gasteiger partial charge is 0.355 e. The Labute approximate surface area is 168 Å². The number of nitrogens with zero attached hydrogens (tertiary/aromatic N) is 2. The van der Waals surface area contributed by atoms with Crippen LogP contribution in [0.25, 0.3) is 0 Å². The first-order chi connectivity index (χ1) is 13.5. The van der Waals surface area contributed by atoms with Crippen LogP contribution in [0.4, 0.5) is 5.69 Å². The van der Waals surface area contributed by atoms with Crippen LogP contribution in [0.5, 0.6) is 0 Å². The number of hydrogen-bond donors (Lipinski definition) is 1. The molecular formula is C22H33N3O3. The van der Waals surface area contributed by atoms with Crippen molar-refractivity contribution in [2.75, 3.05) is 31.1 Å². The molecule has 2 rings (SSSR count). The molecule has 0 radical (unpaired) electrons. The quantitative estimate of drug-likeness (QED) is 0.670. The smallest absolute Gasteiger partial charge is 0.226 e. The van der Waals surface area contributed by atoms with Gasteiger partial charge in [-0.1, -0.05) is 25.1 Å². The molecule has 0 atom stereocenters. The minimum atomic E-state index is 0.0138. The van der Waals surface area contributed by atoms with Crippen molar-refractivity contribution in [1.29, 1.82) is 0 Å². The second-order valence-corrected chi connectivity index (χ2v) is 7.43. The average Bonchev–Trinajstić information content (AvgIpc) is 2.69. The third kappa shape index (κ3) is 7.08. The predicted octanol–water partition coefficient (Wildman–Crippen LogP) is 2.77. The molecule has 1 aromatic carbocycles. The van der Waals surface area contributed by atoms with Crippen LogP contribution in [0, 0.1) is 0 Å². The third-order valence-corrected chi connectivity index (χ3v) is 5.21. The molecule has 0 aromatic heterocycles. The molecule has 0 spiro atoms. The maximum absolute atomic E-state index is 12.5. The van der Waals surface area contributed by atoms with Crippen LogP contribution in [0.3, 0.4) is 0 Å². The number of amides is 2. The van der Waals surface area contributed by atoms with Gasteiger partial charge in [-0.2, -0.15) is 0 Å². The number of carbonyl (C=O) groups excluding carboxylic acids is 3. The van der Waals surface area contributed by atoms with Gasteiger partial charge in [0.1, 0.15) is 5.78 Å². The topological polar surface area (TPSA) is 69.7 Å². The number of ketones is 1. The maximum atomic E-state index is 12.5. The van der Waals surface area contributed by atoms with E-state index in [1.54, 1.807) is 6.92 Å². The number of piperidine rings is 1. The van der Waals surface area contributed by atoms with Crippen LogP contribution in [0.15, 0.2) is 30.3 Å². The number of anilines is 1. The summed E-state index contributed by atoms with van der Waals surface area (Å²) in [4.78, 5) is 39.5. The Morgan fingerprint density at radius 1 is 1.11 bits per heavy atom. The first kappa shape index (κ1) is 22.1. The molecule has 1 heterocycles. The second-order valence-electron chi connectivity index (χ2n) is 7.43. The van der Waals surface area contributed by atoms with Crippen LogP contribution < -0.4 is 10.2 Å². The standard InChI is InChI=1S/C22H33N3O3/c1-3-22(28)25(19-9-5-4-6-10-19)20-12-15-24(16-13-20)17-14-23-21(27)11-7-8-18(2)26/h4-6,9-10,20H,3,7-8,11-17H2,1-2H3,(H,23,27). The highest BCUT2D eigenvalue weighted by atomic mass is 16.2. The summed E-state index contributed by atoms with van der Waals surface area (Å²) in [6, 6.07) is 10.1. The lowest BCUT2D eigenvalue weighted by molar-refractivity contribution is -0.122. The van der Waals surface area contributed by atoms with Crippen molar-refractivity contribution in [2.24, 2.45) is 0 Å². The van der Waals surface area contributed by atoms with E-state index in [2.05, 4.69) is 10.2 Å². The van der Waals surface area contributed by atoms with Crippen molar-refractivity contribution >= 4 is 23.3 Å². The fraction of sp³-hybridized carbons (Fsp3) is 0.591. The molecule has 0 unspecified atom stereocenters. The van der Waals surface area contributed by atoms with E-state index in [-0.39, 0.29) is 23.6 Å². The number of nitrogens with one attached hydrogen (secondary N) is 1. The van der Waals surface area contributed by atoms with E-state index in [0.29, 0.717) is 32.2 Å². The molecule has 0 saturated carbocycles. The summed E-state index contributed by atoms with van der Waals surface area (Å²) >= 11 is 0. The lowest BCUT2D eigenvalue weighted by atomic mass is 10.0. The van der Waals surface area contributed by atoms with Crippen molar-refractivity contribution in [1.82, 2.24) is 10.2 Å². The first-order valence-electron chi connectivity index (χ1n) is 10.4. The zero-order valence-electron chi connectivity index (χ0n) is 17.2. The van der Waals surface area contributed by atoms with Gasteiger partial charge >= 0.3 is 0 Å². The van der Waals surface area contributed by atoms with Crippen LogP contribution in [0.2, 0.25) is 0 Å². The van der Waals surface area contributed by atoms with E-state index in [4.69, 9.17) is 0 Å². The lowest BCUT2D eigenvalue weighted by Gasteiger charge is -2.38. The van der Waals surface area contributed by atoms with Gasteiger partial charge in [-0.3, -0.25) is 9.59 Å².